The first-order valence-electron chi connectivity index (χ1n) is 4.58. The molecule has 1 aromatic rings. The van der Waals surface area contributed by atoms with Gasteiger partial charge in [0.1, 0.15) is 5.75 Å². The molecule has 14 heavy (non-hydrogen) atoms. The van der Waals surface area contributed by atoms with E-state index in [1.54, 1.807) is 0 Å². The number of aliphatic carboxylic acids is 1. The summed E-state index contributed by atoms with van der Waals surface area (Å²) in [5.41, 5.74) is 1.17. The van der Waals surface area contributed by atoms with Crippen molar-refractivity contribution in [1.29, 1.82) is 0 Å². The highest BCUT2D eigenvalue weighted by Crippen LogP contribution is 2.11. The molecular formula is C11H13O3-. The number of aryl methyl sites for hydroxylation is 1. The zero-order valence-electron chi connectivity index (χ0n) is 8.16. The molecule has 0 radical (unpaired) electrons. The van der Waals surface area contributed by atoms with E-state index in [4.69, 9.17) is 4.74 Å². The van der Waals surface area contributed by atoms with Crippen LogP contribution in [0.25, 0.3) is 0 Å². The van der Waals surface area contributed by atoms with E-state index in [0.717, 1.165) is 5.75 Å². The number of carbonyl (C=O) groups excluding carboxylic acids is 1. The third-order valence-corrected chi connectivity index (χ3v) is 1.81. The van der Waals surface area contributed by atoms with Gasteiger partial charge in [0.25, 0.3) is 0 Å². The van der Waals surface area contributed by atoms with Crippen LogP contribution in [0.4, 0.5) is 0 Å². The summed E-state index contributed by atoms with van der Waals surface area (Å²) in [6.45, 7) is 2.41. The Bertz CT molecular complexity index is 290. The highest BCUT2D eigenvalue weighted by atomic mass is 16.5. The minimum absolute atomic E-state index is 0.0475. The molecule has 0 amide bonds. The van der Waals surface area contributed by atoms with Crippen molar-refractivity contribution in [3.63, 3.8) is 0 Å². The van der Waals surface area contributed by atoms with Gasteiger partial charge in [-0.3, -0.25) is 0 Å². The van der Waals surface area contributed by atoms with Crippen LogP contribution in [0.5, 0.6) is 5.75 Å². The van der Waals surface area contributed by atoms with Crippen molar-refractivity contribution < 1.29 is 14.6 Å². The van der Waals surface area contributed by atoms with Gasteiger partial charge in [0, 0.05) is 5.97 Å². The number of ether oxygens (including phenoxy) is 1. The van der Waals surface area contributed by atoms with Crippen molar-refractivity contribution in [1.82, 2.24) is 0 Å². The van der Waals surface area contributed by atoms with Gasteiger partial charge in [-0.05, 0) is 31.9 Å². The molecule has 3 nitrogen and oxygen atoms in total. The molecule has 76 valence electrons. The zero-order valence-corrected chi connectivity index (χ0v) is 8.16. The summed E-state index contributed by atoms with van der Waals surface area (Å²) in [5.74, 6) is -0.258. The van der Waals surface area contributed by atoms with E-state index >= 15 is 0 Å². The first-order valence-corrected chi connectivity index (χ1v) is 4.58. The summed E-state index contributed by atoms with van der Waals surface area (Å²) in [6.07, 6.45) is 0.530. The van der Waals surface area contributed by atoms with Crippen LogP contribution in [0, 0.1) is 6.92 Å². The minimum atomic E-state index is -1.03. The van der Waals surface area contributed by atoms with Crippen LogP contribution in [-0.2, 0) is 4.79 Å². The average molecular weight is 193 g/mol. The molecule has 0 aliphatic rings. The van der Waals surface area contributed by atoms with Crippen molar-refractivity contribution in [2.75, 3.05) is 6.61 Å². The molecule has 0 atom stereocenters. The molecule has 0 unspecified atom stereocenters. The standard InChI is InChI=1S/C11H14O3/c1-9-4-6-10(7-5-9)14-8-2-3-11(12)13/h4-7H,2-3,8H2,1H3,(H,12,13)/p-1. The number of carboxylic acid groups (broad SMARTS) is 1. The fourth-order valence-electron chi connectivity index (χ4n) is 1.04. The molecule has 0 saturated heterocycles. The van der Waals surface area contributed by atoms with Gasteiger partial charge in [-0.15, -0.1) is 0 Å². The second-order valence-electron chi connectivity index (χ2n) is 3.14. The third-order valence-electron chi connectivity index (χ3n) is 1.81. The van der Waals surface area contributed by atoms with Gasteiger partial charge in [-0.2, -0.15) is 0 Å². The average Bonchev–Trinajstić information content (AvgIpc) is 2.15. The molecule has 0 spiro atoms. The molecule has 0 aromatic heterocycles. The second kappa shape index (κ2) is 5.27. The number of benzene rings is 1. The van der Waals surface area contributed by atoms with Gasteiger partial charge < -0.3 is 14.6 Å². The molecular weight excluding hydrogens is 180 g/mol. The van der Waals surface area contributed by atoms with E-state index in [2.05, 4.69) is 0 Å². The van der Waals surface area contributed by atoms with Crippen LogP contribution in [0.3, 0.4) is 0 Å². The predicted octanol–water partition coefficient (Wildman–Crippen LogP) is 0.904. The van der Waals surface area contributed by atoms with Gasteiger partial charge in [-0.1, -0.05) is 17.7 Å². The summed E-state index contributed by atoms with van der Waals surface area (Å²) < 4.78 is 5.32. The van der Waals surface area contributed by atoms with E-state index in [-0.39, 0.29) is 6.42 Å². The van der Waals surface area contributed by atoms with Crippen LogP contribution >= 0.6 is 0 Å². The molecule has 0 N–H and O–H groups in total. The molecule has 0 fully saturated rings. The lowest BCUT2D eigenvalue weighted by atomic mass is 10.2. The maximum Gasteiger partial charge on any atom is 0.119 e. The first kappa shape index (κ1) is 10.6. The quantitative estimate of drug-likeness (QED) is 0.653. The highest BCUT2D eigenvalue weighted by molar-refractivity contribution is 5.64. The smallest absolute Gasteiger partial charge is 0.119 e. The normalized spacial score (nSPS) is 9.79. The number of carbonyl (C=O) groups is 1. The Kier molecular flexibility index (Phi) is 3.98. The van der Waals surface area contributed by atoms with Crippen LogP contribution in [0.1, 0.15) is 18.4 Å². The molecule has 0 aliphatic heterocycles. The number of hydrogen-bond donors (Lipinski definition) is 0. The van der Waals surface area contributed by atoms with Gasteiger partial charge in [0.15, 0.2) is 0 Å². The van der Waals surface area contributed by atoms with Crippen LogP contribution in [0.2, 0.25) is 0 Å². The van der Waals surface area contributed by atoms with Crippen LogP contribution in [-0.4, -0.2) is 12.6 Å². The second-order valence-corrected chi connectivity index (χ2v) is 3.14. The van der Waals surface area contributed by atoms with Gasteiger partial charge in [-0.25, -0.2) is 0 Å². The third kappa shape index (κ3) is 3.94. The molecule has 0 aliphatic carbocycles. The number of rotatable bonds is 5. The van der Waals surface area contributed by atoms with Crippen LogP contribution < -0.4 is 9.84 Å². The summed E-state index contributed by atoms with van der Waals surface area (Å²) >= 11 is 0. The van der Waals surface area contributed by atoms with Crippen molar-refractivity contribution in [2.24, 2.45) is 0 Å². The van der Waals surface area contributed by atoms with E-state index in [9.17, 15) is 9.90 Å². The summed E-state index contributed by atoms with van der Waals surface area (Å²) in [6, 6.07) is 7.64. The highest BCUT2D eigenvalue weighted by Gasteiger charge is 1.93. The molecule has 0 bridgehead atoms. The fourth-order valence-corrected chi connectivity index (χ4v) is 1.04. The van der Waals surface area contributed by atoms with Crippen molar-refractivity contribution >= 4 is 5.97 Å². The number of carboxylic acids is 1. The van der Waals surface area contributed by atoms with Crippen molar-refractivity contribution in [2.45, 2.75) is 19.8 Å². The van der Waals surface area contributed by atoms with E-state index in [1.165, 1.54) is 5.56 Å². The summed E-state index contributed by atoms with van der Waals surface area (Å²) in [4.78, 5) is 10.1. The molecule has 0 heterocycles. The molecule has 1 aromatic carbocycles. The summed E-state index contributed by atoms with van der Waals surface area (Å²) in [7, 11) is 0. The van der Waals surface area contributed by atoms with Gasteiger partial charge >= 0.3 is 0 Å². The topological polar surface area (TPSA) is 49.4 Å². The molecule has 3 heteroatoms. The Morgan fingerprint density at radius 2 is 2.00 bits per heavy atom. The first-order chi connectivity index (χ1) is 6.68. The zero-order chi connectivity index (χ0) is 10.4. The lowest BCUT2D eigenvalue weighted by Gasteiger charge is -2.06. The van der Waals surface area contributed by atoms with Crippen molar-refractivity contribution in [3.8, 4) is 5.75 Å². The summed E-state index contributed by atoms with van der Waals surface area (Å²) in [5, 5.41) is 10.1. The maximum atomic E-state index is 10.1. The maximum absolute atomic E-state index is 10.1. The minimum Gasteiger partial charge on any atom is -0.550 e. The Morgan fingerprint density at radius 1 is 1.36 bits per heavy atom. The Morgan fingerprint density at radius 3 is 2.57 bits per heavy atom. The van der Waals surface area contributed by atoms with E-state index < -0.39 is 5.97 Å². The SMILES string of the molecule is Cc1ccc(OCCCC(=O)[O-])cc1. The largest absolute Gasteiger partial charge is 0.550 e. The van der Waals surface area contributed by atoms with Crippen LogP contribution in [0.15, 0.2) is 24.3 Å². The van der Waals surface area contributed by atoms with E-state index in [1.807, 2.05) is 31.2 Å². The Balaban J connectivity index is 2.25. The molecule has 1 rings (SSSR count). The fraction of sp³-hybridized carbons (Fsp3) is 0.364. The van der Waals surface area contributed by atoms with Gasteiger partial charge in [0.05, 0.1) is 6.61 Å². The van der Waals surface area contributed by atoms with Gasteiger partial charge in [0.2, 0.25) is 0 Å². The Labute approximate surface area is 83.3 Å². The predicted molar refractivity (Wildman–Crippen MR) is 50.9 cm³/mol. The lowest BCUT2D eigenvalue weighted by molar-refractivity contribution is -0.305. The Hall–Kier alpha value is -1.51. The lowest BCUT2D eigenvalue weighted by Crippen LogP contribution is -2.22. The monoisotopic (exact) mass is 193 g/mol. The van der Waals surface area contributed by atoms with Crippen molar-refractivity contribution in [3.05, 3.63) is 29.8 Å². The molecule has 0 saturated carbocycles. The van der Waals surface area contributed by atoms with E-state index in [0.29, 0.717) is 13.0 Å². The number of hydrogen-bond acceptors (Lipinski definition) is 3.